The summed E-state index contributed by atoms with van der Waals surface area (Å²) >= 11 is 0. The predicted molar refractivity (Wildman–Crippen MR) is 180 cm³/mol. The quantitative estimate of drug-likeness (QED) is 0.202. The Morgan fingerprint density at radius 3 is 2.37 bits per heavy atom. The zero-order chi connectivity index (χ0) is 37.0. The van der Waals surface area contributed by atoms with Crippen LogP contribution < -0.4 is 10.1 Å². The summed E-state index contributed by atoms with van der Waals surface area (Å²) in [5.74, 6) is -5.21. The molecule has 2 fully saturated rings. The number of esters is 1. The van der Waals surface area contributed by atoms with Crippen LogP contribution in [0.5, 0.6) is 5.75 Å². The molecular weight excluding hydrogens is 672 g/mol. The van der Waals surface area contributed by atoms with Crippen LogP contribution in [0.15, 0.2) is 24.3 Å². The first kappa shape index (κ1) is 39.2. The number of carbonyl (C=O) groups is 5. The molecule has 0 aliphatic carbocycles. The number of halogens is 2. The van der Waals surface area contributed by atoms with E-state index >= 15 is 0 Å². The van der Waals surface area contributed by atoms with E-state index in [1.165, 1.54) is 15.9 Å². The number of aromatic nitrogens is 1. The molecule has 16 heteroatoms. The van der Waals surface area contributed by atoms with Crippen LogP contribution in [0.1, 0.15) is 62.0 Å². The van der Waals surface area contributed by atoms with Gasteiger partial charge in [-0.15, -0.1) is 0 Å². The van der Waals surface area contributed by atoms with Crippen molar-refractivity contribution in [1.82, 2.24) is 25.0 Å². The summed E-state index contributed by atoms with van der Waals surface area (Å²) in [7, 11) is 0. The van der Waals surface area contributed by atoms with Gasteiger partial charge in [0.2, 0.25) is 5.91 Å². The fraction of sp³-hybridized carbons (Fsp3) is 0.600. The highest BCUT2D eigenvalue weighted by atomic mass is 19.3. The summed E-state index contributed by atoms with van der Waals surface area (Å²) < 4.78 is 48.9. The molecule has 1 N–H and O–H groups in total. The number of nitrogens with zero attached hydrogens (tertiary/aromatic N) is 4. The number of nitrogens with one attached hydrogen (secondary N) is 1. The monoisotopic (exact) mass is 719 g/mol. The number of rotatable bonds is 16. The number of amides is 4. The van der Waals surface area contributed by atoms with E-state index in [1.54, 1.807) is 18.2 Å². The average Bonchev–Trinajstić information content (AvgIpc) is 3.49. The van der Waals surface area contributed by atoms with E-state index in [0.29, 0.717) is 24.1 Å². The van der Waals surface area contributed by atoms with Gasteiger partial charge in [-0.3, -0.25) is 19.2 Å². The van der Waals surface area contributed by atoms with Gasteiger partial charge >= 0.3 is 12.1 Å². The Hall–Kier alpha value is -4.60. The molecule has 2 saturated heterocycles. The number of ether oxygens (including phenoxy) is 4. The van der Waals surface area contributed by atoms with E-state index in [1.807, 2.05) is 20.8 Å². The van der Waals surface area contributed by atoms with Crippen molar-refractivity contribution in [3.8, 4) is 5.75 Å². The minimum atomic E-state index is -2.95. The molecule has 1 unspecified atom stereocenters. The van der Waals surface area contributed by atoms with Crippen molar-refractivity contribution < 1.29 is 51.7 Å². The number of carbonyl (C=O) groups excluding carboxylic acids is 5. The van der Waals surface area contributed by atoms with E-state index in [-0.39, 0.29) is 70.2 Å². The Labute approximate surface area is 295 Å². The van der Waals surface area contributed by atoms with Crippen molar-refractivity contribution >= 4 is 40.7 Å². The number of pyridine rings is 1. The van der Waals surface area contributed by atoms with E-state index in [9.17, 15) is 32.8 Å². The van der Waals surface area contributed by atoms with Gasteiger partial charge in [-0.2, -0.15) is 0 Å². The number of fused-ring (bicyclic) bond motifs is 1. The number of hydrogen-bond acceptors (Lipinski definition) is 10. The fourth-order valence-corrected chi connectivity index (χ4v) is 5.63. The second kappa shape index (κ2) is 18.6. The van der Waals surface area contributed by atoms with Gasteiger partial charge < -0.3 is 39.0 Å². The zero-order valence-corrected chi connectivity index (χ0v) is 29.4. The maximum absolute atomic E-state index is 13.8. The Bertz CT molecular complexity index is 1550. The van der Waals surface area contributed by atoms with Gasteiger partial charge in [-0.1, -0.05) is 19.4 Å². The molecular formula is C35H47F2N5O9. The number of benzene rings is 1. The lowest BCUT2D eigenvalue weighted by atomic mass is 10.1. The fourth-order valence-electron chi connectivity index (χ4n) is 5.63. The Balaban J connectivity index is 1.49. The third kappa shape index (κ3) is 11.5. The molecule has 280 valence electrons. The SMILES string of the molecule is CCCCOC(=O)N1CCN(C(=O)C(CCC(=O)OCCOCC)NC(=O)c2cc(OCC(=O)N3CCC(F)(F)C3)c3ccc(C)cc3n2)CC1. The Kier molecular flexibility index (Phi) is 14.3. The molecule has 4 rings (SSSR count). The van der Waals surface area contributed by atoms with Crippen LogP contribution in [-0.4, -0.2) is 134 Å². The maximum Gasteiger partial charge on any atom is 0.409 e. The molecule has 2 aromatic rings. The molecule has 4 amide bonds. The number of unbranched alkanes of at least 4 members (excludes halogenated alkanes) is 1. The van der Waals surface area contributed by atoms with Crippen LogP contribution in [0.2, 0.25) is 0 Å². The predicted octanol–water partition coefficient (Wildman–Crippen LogP) is 3.33. The lowest BCUT2D eigenvalue weighted by molar-refractivity contribution is -0.145. The summed E-state index contributed by atoms with van der Waals surface area (Å²) in [6, 6.07) is 5.40. The van der Waals surface area contributed by atoms with Gasteiger partial charge in [0, 0.05) is 63.6 Å². The van der Waals surface area contributed by atoms with Gasteiger partial charge in [0.25, 0.3) is 17.7 Å². The highest BCUT2D eigenvalue weighted by Crippen LogP contribution is 2.29. The van der Waals surface area contributed by atoms with Crippen LogP contribution in [0.25, 0.3) is 10.9 Å². The minimum Gasteiger partial charge on any atom is -0.483 e. The van der Waals surface area contributed by atoms with Crippen LogP contribution in [0.3, 0.4) is 0 Å². The second-order valence-corrected chi connectivity index (χ2v) is 12.5. The lowest BCUT2D eigenvalue weighted by Crippen LogP contribution is -2.56. The molecule has 0 radical (unpaired) electrons. The number of aryl methyl sites for hydroxylation is 1. The number of hydrogen-bond donors (Lipinski definition) is 1. The zero-order valence-electron chi connectivity index (χ0n) is 29.4. The van der Waals surface area contributed by atoms with Crippen LogP contribution >= 0.6 is 0 Å². The van der Waals surface area contributed by atoms with E-state index < -0.39 is 61.3 Å². The van der Waals surface area contributed by atoms with Gasteiger partial charge in [0.15, 0.2) is 6.61 Å². The minimum absolute atomic E-state index is 0.0415. The van der Waals surface area contributed by atoms with E-state index in [0.717, 1.165) is 23.3 Å². The normalized spacial score (nSPS) is 16.1. The highest BCUT2D eigenvalue weighted by Gasteiger charge is 2.40. The molecule has 14 nitrogen and oxygen atoms in total. The van der Waals surface area contributed by atoms with Gasteiger partial charge in [-0.25, -0.2) is 18.6 Å². The van der Waals surface area contributed by atoms with Gasteiger partial charge in [0.1, 0.15) is 24.1 Å². The smallest absolute Gasteiger partial charge is 0.409 e. The summed E-state index contributed by atoms with van der Waals surface area (Å²) in [6.45, 7) is 6.21. The van der Waals surface area contributed by atoms with Gasteiger partial charge in [0.05, 0.1) is 25.3 Å². The van der Waals surface area contributed by atoms with Crippen molar-refractivity contribution in [3.05, 3.63) is 35.5 Å². The number of likely N-dealkylation sites (tertiary alicyclic amines) is 1. The Morgan fingerprint density at radius 2 is 1.69 bits per heavy atom. The maximum atomic E-state index is 13.8. The molecule has 51 heavy (non-hydrogen) atoms. The van der Waals surface area contributed by atoms with Crippen molar-refractivity contribution in [2.75, 3.05) is 72.3 Å². The number of piperazine rings is 1. The molecule has 1 atom stereocenters. The summed E-state index contributed by atoms with van der Waals surface area (Å²) in [5, 5.41) is 3.20. The molecule has 1 aromatic carbocycles. The van der Waals surface area contributed by atoms with Crippen LogP contribution in [-0.2, 0) is 28.6 Å². The molecule has 3 heterocycles. The van der Waals surface area contributed by atoms with Gasteiger partial charge in [-0.05, 0) is 44.4 Å². The van der Waals surface area contributed by atoms with E-state index in [4.69, 9.17) is 18.9 Å². The molecule has 2 aliphatic rings. The largest absolute Gasteiger partial charge is 0.483 e. The van der Waals surface area contributed by atoms with Crippen LogP contribution in [0, 0.1) is 6.92 Å². The summed E-state index contributed by atoms with van der Waals surface area (Å²) in [6.07, 6.45) is 0.494. The third-order valence-corrected chi connectivity index (χ3v) is 8.54. The molecule has 0 spiro atoms. The first-order valence-corrected chi connectivity index (χ1v) is 17.3. The van der Waals surface area contributed by atoms with E-state index in [2.05, 4.69) is 10.3 Å². The summed E-state index contributed by atoms with van der Waals surface area (Å²) in [4.78, 5) is 73.7. The topological polar surface area (TPSA) is 157 Å². The Morgan fingerprint density at radius 1 is 0.941 bits per heavy atom. The van der Waals surface area contributed by atoms with Crippen molar-refractivity contribution in [2.24, 2.45) is 0 Å². The van der Waals surface area contributed by atoms with Crippen LogP contribution in [0.4, 0.5) is 13.6 Å². The molecule has 0 saturated carbocycles. The summed E-state index contributed by atoms with van der Waals surface area (Å²) in [5.41, 5.74) is 1.08. The highest BCUT2D eigenvalue weighted by molar-refractivity contribution is 5.99. The third-order valence-electron chi connectivity index (χ3n) is 8.54. The molecule has 2 aliphatic heterocycles. The first-order chi connectivity index (χ1) is 24.4. The van der Waals surface area contributed by atoms with Crippen molar-refractivity contribution in [1.29, 1.82) is 0 Å². The first-order valence-electron chi connectivity index (χ1n) is 17.3. The molecule has 1 aromatic heterocycles. The molecule has 0 bridgehead atoms. The number of alkyl halides is 2. The van der Waals surface area contributed by atoms with Crippen molar-refractivity contribution in [2.45, 2.75) is 64.8 Å². The standard InChI is InChI=1S/C35H47F2N5O9/c1-4-6-17-50-34(47)41-15-13-40(14-16-41)33(46)26(9-10-31(44)49-19-18-48-5-2)39-32(45)28-21-29(25-8-7-24(3)20-27(25)38-28)51-22-30(43)42-12-11-35(36,37)23-42/h7-8,20-21,26H,4-6,9-19,22-23H2,1-3H3,(H,39,45). The average molecular weight is 720 g/mol. The van der Waals surface area contributed by atoms with Crippen molar-refractivity contribution in [3.63, 3.8) is 0 Å². The lowest BCUT2D eigenvalue weighted by Gasteiger charge is -2.36. The second-order valence-electron chi connectivity index (χ2n) is 12.5.